The lowest BCUT2D eigenvalue weighted by Gasteiger charge is -2.24. The molecule has 0 bridgehead atoms. The molecule has 0 fully saturated rings. The fourth-order valence-electron chi connectivity index (χ4n) is 1.28. The van der Waals surface area contributed by atoms with Crippen LogP contribution in [0.5, 0.6) is 0 Å². The highest BCUT2D eigenvalue weighted by molar-refractivity contribution is 5.69. The van der Waals surface area contributed by atoms with Crippen LogP contribution >= 0.6 is 0 Å². The van der Waals surface area contributed by atoms with Gasteiger partial charge in [0.2, 0.25) is 0 Å². The summed E-state index contributed by atoms with van der Waals surface area (Å²) >= 11 is 0. The topological polar surface area (TPSA) is 75.6 Å². The van der Waals surface area contributed by atoms with Crippen LogP contribution in [0.4, 0.5) is 18.0 Å². The maximum Gasteiger partial charge on any atom is 0.407 e. The second-order valence-electron chi connectivity index (χ2n) is 5.09. The lowest BCUT2D eigenvalue weighted by molar-refractivity contribution is -0.144. The molecule has 0 aromatic rings. The Morgan fingerprint density at radius 2 is 1.79 bits per heavy atom. The first-order valence-electron chi connectivity index (χ1n) is 5.67. The van der Waals surface area contributed by atoms with Crippen molar-refractivity contribution in [2.45, 2.75) is 57.9 Å². The number of alkyl carbamates (subject to hydrolysis) is 1. The minimum Gasteiger partial charge on any atom is -0.481 e. The number of rotatable bonds is 5. The van der Waals surface area contributed by atoms with E-state index in [4.69, 9.17) is 9.84 Å². The molecule has 0 aliphatic carbocycles. The van der Waals surface area contributed by atoms with Crippen LogP contribution in [0.25, 0.3) is 0 Å². The van der Waals surface area contributed by atoms with Crippen LogP contribution in [-0.4, -0.2) is 35.0 Å². The maximum atomic E-state index is 12.3. The van der Waals surface area contributed by atoms with E-state index in [1.165, 1.54) is 0 Å². The van der Waals surface area contributed by atoms with Crippen molar-refractivity contribution >= 4 is 12.1 Å². The van der Waals surface area contributed by atoms with Gasteiger partial charge < -0.3 is 15.2 Å². The van der Waals surface area contributed by atoms with E-state index in [0.29, 0.717) is 0 Å². The van der Waals surface area contributed by atoms with E-state index in [1.807, 2.05) is 5.32 Å². The fraction of sp³-hybridized carbons (Fsp3) is 0.818. The summed E-state index contributed by atoms with van der Waals surface area (Å²) in [6.07, 6.45) is -7.55. The summed E-state index contributed by atoms with van der Waals surface area (Å²) < 4.78 is 41.7. The number of carboxylic acids is 1. The average Bonchev–Trinajstić information content (AvgIpc) is 2.08. The molecule has 0 saturated carbocycles. The Morgan fingerprint density at radius 3 is 2.16 bits per heavy atom. The zero-order valence-electron chi connectivity index (χ0n) is 11.0. The van der Waals surface area contributed by atoms with Gasteiger partial charge >= 0.3 is 18.2 Å². The molecule has 0 aromatic carbocycles. The van der Waals surface area contributed by atoms with Crippen molar-refractivity contribution in [1.82, 2.24) is 5.32 Å². The van der Waals surface area contributed by atoms with Crippen molar-refractivity contribution in [3.05, 3.63) is 0 Å². The van der Waals surface area contributed by atoms with E-state index in [0.717, 1.165) is 0 Å². The van der Waals surface area contributed by atoms with Gasteiger partial charge in [-0.1, -0.05) is 0 Å². The average molecular weight is 285 g/mol. The third-order valence-corrected chi connectivity index (χ3v) is 1.91. The quantitative estimate of drug-likeness (QED) is 0.814. The Balaban J connectivity index is 4.48. The molecule has 0 rings (SSSR count). The molecule has 0 spiro atoms. The Bertz CT molecular complexity index is 323. The van der Waals surface area contributed by atoms with Crippen LogP contribution in [0.15, 0.2) is 0 Å². The van der Waals surface area contributed by atoms with E-state index < -0.39 is 42.7 Å². The zero-order chi connectivity index (χ0) is 15.3. The van der Waals surface area contributed by atoms with Crippen LogP contribution < -0.4 is 5.32 Å². The van der Waals surface area contributed by atoms with Gasteiger partial charge in [-0.25, -0.2) is 4.79 Å². The van der Waals surface area contributed by atoms with Gasteiger partial charge in [0, 0.05) is 12.5 Å². The minimum absolute atomic E-state index is 0.311. The molecule has 0 radical (unpaired) electrons. The van der Waals surface area contributed by atoms with Crippen molar-refractivity contribution in [3.8, 4) is 0 Å². The highest BCUT2D eigenvalue weighted by Crippen LogP contribution is 2.23. The standard InChI is InChI=1S/C11H18F3NO4/c1-10(2,3)19-9(18)15-7(4-5-8(16)17)6-11(12,13)14/h7H,4-6H2,1-3H3,(H,15,18)(H,16,17). The molecule has 2 N–H and O–H groups in total. The Hall–Kier alpha value is -1.47. The molecule has 0 saturated heterocycles. The number of carboxylic acid groups (broad SMARTS) is 1. The summed E-state index contributed by atoms with van der Waals surface area (Å²) in [6.45, 7) is 4.72. The monoisotopic (exact) mass is 285 g/mol. The second kappa shape index (κ2) is 6.63. The van der Waals surface area contributed by atoms with E-state index in [-0.39, 0.29) is 6.42 Å². The molecule has 0 aliphatic heterocycles. The predicted molar refractivity (Wildman–Crippen MR) is 60.7 cm³/mol. The summed E-state index contributed by atoms with van der Waals surface area (Å²) in [5.74, 6) is -1.22. The van der Waals surface area contributed by atoms with E-state index >= 15 is 0 Å². The maximum absolute atomic E-state index is 12.3. The number of halogens is 3. The summed E-state index contributed by atoms with van der Waals surface area (Å²) in [5, 5.41) is 10.5. The van der Waals surface area contributed by atoms with Gasteiger partial charge in [-0.15, -0.1) is 0 Å². The Morgan fingerprint density at radius 1 is 1.26 bits per heavy atom. The number of hydrogen-bond acceptors (Lipinski definition) is 3. The van der Waals surface area contributed by atoms with E-state index in [1.54, 1.807) is 20.8 Å². The molecule has 1 unspecified atom stereocenters. The lowest BCUT2D eigenvalue weighted by atomic mass is 10.1. The van der Waals surface area contributed by atoms with Crippen LogP contribution in [0.1, 0.15) is 40.0 Å². The van der Waals surface area contributed by atoms with E-state index in [2.05, 4.69) is 0 Å². The van der Waals surface area contributed by atoms with Crippen molar-refractivity contribution in [2.75, 3.05) is 0 Å². The van der Waals surface area contributed by atoms with Gasteiger partial charge in [-0.3, -0.25) is 4.79 Å². The van der Waals surface area contributed by atoms with E-state index in [9.17, 15) is 22.8 Å². The molecular weight excluding hydrogens is 267 g/mol. The number of alkyl halides is 3. The number of carbonyl (C=O) groups is 2. The molecule has 112 valence electrons. The largest absolute Gasteiger partial charge is 0.481 e. The number of carbonyl (C=O) groups excluding carboxylic acids is 1. The van der Waals surface area contributed by atoms with Gasteiger partial charge in [0.15, 0.2) is 0 Å². The number of nitrogens with one attached hydrogen (secondary N) is 1. The highest BCUT2D eigenvalue weighted by Gasteiger charge is 2.33. The van der Waals surface area contributed by atoms with Crippen LogP contribution in [-0.2, 0) is 9.53 Å². The lowest BCUT2D eigenvalue weighted by Crippen LogP contribution is -2.41. The normalized spacial score (nSPS) is 13.8. The predicted octanol–water partition coefficient (Wildman–Crippen LogP) is 2.70. The molecule has 0 heterocycles. The van der Waals surface area contributed by atoms with Gasteiger partial charge in [-0.05, 0) is 27.2 Å². The van der Waals surface area contributed by atoms with Crippen molar-refractivity contribution in [1.29, 1.82) is 0 Å². The summed E-state index contributed by atoms with van der Waals surface area (Å²) in [7, 11) is 0. The van der Waals surface area contributed by atoms with Gasteiger partial charge in [0.05, 0.1) is 6.42 Å². The first-order valence-corrected chi connectivity index (χ1v) is 5.67. The third-order valence-electron chi connectivity index (χ3n) is 1.91. The molecule has 19 heavy (non-hydrogen) atoms. The highest BCUT2D eigenvalue weighted by atomic mass is 19.4. The third kappa shape index (κ3) is 11.4. The number of aliphatic carboxylic acids is 1. The molecule has 1 amide bonds. The van der Waals surface area contributed by atoms with Crippen LogP contribution in [0.3, 0.4) is 0 Å². The van der Waals surface area contributed by atoms with Gasteiger partial charge in [-0.2, -0.15) is 13.2 Å². The SMILES string of the molecule is CC(C)(C)OC(=O)NC(CCC(=O)O)CC(F)(F)F. The number of amides is 1. The first-order chi connectivity index (χ1) is 8.39. The molecule has 0 aliphatic rings. The summed E-state index contributed by atoms with van der Waals surface area (Å²) in [4.78, 5) is 21.7. The first kappa shape index (κ1) is 17.5. The summed E-state index contributed by atoms with van der Waals surface area (Å²) in [6, 6.07) is -1.31. The number of hydrogen-bond donors (Lipinski definition) is 2. The Kier molecular flexibility index (Phi) is 6.11. The number of ether oxygens (including phenoxy) is 1. The summed E-state index contributed by atoms with van der Waals surface area (Å²) in [5.41, 5.74) is -0.834. The van der Waals surface area contributed by atoms with Crippen molar-refractivity contribution in [3.63, 3.8) is 0 Å². The van der Waals surface area contributed by atoms with Gasteiger partial charge in [0.25, 0.3) is 0 Å². The molecule has 5 nitrogen and oxygen atoms in total. The van der Waals surface area contributed by atoms with Crippen LogP contribution in [0, 0.1) is 0 Å². The molecule has 0 aromatic heterocycles. The van der Waals surface area contributed by atoms with Crippen molar-refractivity contribution < 1.29 is 32.6 Å². The Labute approximate surface area is 109 Å². The van der Waals surface area contributed by atoms with Crippen LogP contribution in [0.2, 0.25) is 0 Å². The molecule has 8 heteroatoms. The second-order valence-corrected chi connectivity index (χ2v) is 5.09. The zero-order valence-corrected chi connectivity index (χ0v) is 11.0. The van der Waals surface area contributed by atoms with Gasteiger partial charge in [0.1, 0.15) is 5.60 Å². The fourth-order valence-corrected chi connectivity index (χ4v) is 1.28. The molecular formula is C11H18F3NO4. The molecule has 1 atom stereocenters. The smallest absolute Gasteiger partial charge is 0.407 e. The van der Waals surface area contributed by atoms with Crippen molar-refractivity contribution in [2.24, 2.45) is 0 Å². The minimum atomic E-state index is -4.49.